The Bertz CT molecular complexity index is 1150. The van der Waals surface area contributed by atoms with Gasteiger partial charge in [0.25, 0.3) is 0 Å². The largest absolute Gasteiger partial charge is 0.350 e. The van der Waals surface area contributed by atoms with E-state index in [0.717, 1.165) is 14.7 Å². The molecule has 0 spiro atoms. The third-order valence-electron chi connectivity index (χ3n) is 4.24. The van der Waals surface area contributed by atoms with Crippen LogP contribution in [0.15, 0.2) is 64.4 Å². The van der Waals surface area contributed by atoms with Crippen LogP contribution in [0.4, 0.5) is 4.39 Å². The van der Waals surface area contributed by atoms with Crippen molar-refractivity contribution in [1.29, 1.82) is 0 Å². The fourth-order valence-electron chi connectivity index (χ4n) is 2.71. The number of rotatable bonds is 5. The van der Waals surface area contributed by atoms with Crippen LogP contribution in [-0.4, -0.2) is 15.0 Å². The summed E-state index contributed by atoms with van der Waals surface area (Å²) in [5.74, 6) is -0.961. The highest BCUT2D eigenvalue weighted by atomic mass is 35.5. The highest BCUT2D eigenvalue weighted by molar-refractivity contribution is 6.31. The van der Waals surface area contributed by atoms with Crippen LogP contribution >= 0.6 is 11.6 Å². The number of hydrogen-bond acceptors (Lipinski definition) is 3. The van der Waals surface area contributed by atoms with Gasteiger partial charge in [0.1, 0.15) is 12.4 Å². The molecular weight excluding hydrogens is 385 g/mol. The molecule has 144 valence electrons. The van der Waals surface area contributed by atoms with Gasteiger partial charge in [0.15, 0.2) is 0 Å². The van der Waals surface area contributed by atoms with E-state index in [4.69, 9.17) is 11.6 Å². The van der Waals surface area contributed by atoms with E-state index in [1.165, 1.54) is 30.6 Å². The van der Waals surface area contributed by atoms with Crippen molar-refractivity contribution in [1.82, 2.24) is 14.5 Å². The number of aromatic nitrogens is 2. The van der Waals surface area contributed by atoms with Gasteiger partial charge >= 0.3 is 11.1 Å². The molecule has 0 bridgehead atoms. The van der Waals surface area contributed by atoms with Gasteiger partial charge in [-0.1, -0.05) is 35.9 Å². The van der Waals surface area contributed by atoms with Crippen molar-refractivity contribution in [3.63, 3.8) is 0 Å². The van der Waals surface area contributed by atoms with Crippen LogP contribution in [-0.2, 0) is 17.9 Å². The molecule has 3 aromatic rings. The van der Waals surface area contributed by atoms with E-state index in [-0.39, 0.29) is 18.8 Å². The molecule has 0 fully saturated rings. The zero-order valence-electron chi connectivity index (χ0n) is 15.0. The summed E-state index contributed by atoms with van der Waals surface area (Å²) in [7, 11) is 0. The monoisotopic (exact) mass is 401 g/mol. The second-order valence-electron chi connectivity index (χ2n) is 6.21. The van der Waals surface area contributed by atoms with E-state index < -0.39 is 22.8 Å². The molecule has 3 rings (SSSR count). The minimum absolute atomic E-state index is 0.201. The lowest BCUT2D eigenvalue weighted by atomic mass is 10.2. The number of aryl methyl sites for hydroxylation is 1. The van der Waals surface area contributed by atoms with Gasteiger partial charge in [-0.15, -0.1) is 0 Å². The summed E-state index contributed by atoms with van der Waals surface area (Å²) in [5, 5.41) is 3.18. The standard InChI is InChI=1S/C20H17ClFN3O3/c1-13-6-7-15(22)10-17(13)25-9-8-24(19(27)20(25)28)12-18(26)23-11-14-4-2-3-5-16(14)21/h2-10H,11-12H2,1H3,(H,23,26). The average molecular weight is 402 g/mol. The van der Waals surface area contributed by atoms with Crippen LogP contribution in [0.1, 0.15) is 11.1 Å². The highest BCUT2D eigenvalue weighted by Crippen LogP contribution is 2.14. The summed E-state index contributed by atoms with van der Waals surface area (Å²) >= 11 is 6.04. The second kappa shape index (κ2) is 8.22. The van der Waals surface area contributed by atoms with Crippen molar-refractivity contribution in [2.24, 2.45) is 0 Å². The molecule has 1 aromatic heterocycles. The topological polar surface area (TPSA) is 73.1 Å². The van der Waals surface area contributed by atoms with Crippen LogP contribution in [0, 0.1) is 12.7 Å². The predicted molar refractivity (Wildman–Crippen MR) is 104 cm³/mol. The third kappa shape index (κ3) is 4.20. The highest BCUT2D eigenvalue weighted by Gasteiger charge is 2.12. The summed E-state index contributed by atoms with van der Waals surface area (Å²) < 4.78 is 15.6. The van der Waals surface area contributed by atoms with Crippen molar-refractivity contribution < 1.29 is 9.18 Å². The second-order valence-corrected chi connectivity index (χ2v) is 6.61. The van der Waals surface area contributed by atoms with Crippen molar-refractivity contribution in [2.75, 3.05) is 0 Å². The Morgan fingerprint density at radius 2 is 1.86 bits per heavy atom. The molecule has 0 aliphatic carbocycles. The Morgan fingerprint density at radius 3 is 2.61 bits per heavy atom. The SMILES string of the molecule is Cc1ccc(F)cc1-n1ccn(CC(=O)NCc2ccccc2Cl)c(=O)c1=O. The molecule has 6 nitrogen and oxygen atoms in total. The van der Waals surface area contributed by atoms with Crippen LogP contribution in [0.2, 0.25) is 5.02 Å². The minimum atomic E-state index is -0.876. The van der Waals surface area contributed by atoms with Gasteiger partial charge in [-0.3, -0.25) is 23.5 Å². The number of benzene rings is 2. The quantitative estimate of drug-likeness (QED) is 0.667. The summed E-state index contributed by atoms with van der Waals surface area (Å²) in [5.41, 5.74) is -0.0911. The third-order valence-corrected chi connectivity index (χ3v) is 4.61. The zero-order chi connectivity index (χ0) is 20.3. The van der Waals surface area contributed by atoms with Gasteiger partial charge in [0.2, 0.25) is 5.91 Å². The average Bonchev–Trinajstić information content (AvgIpc) is 2.67. The van der Waals surface area contributed by atoms with E-state index in [9.17, 15) is 18.8 Å². The summed E-state index contributed by atoms with van der Waals surface area (Å²) in [6.45, 7) is 1.59. The number of amides is 1. The molecule has 28 heavy (non-hydrogen) atoms. The molecule has 0 aliphatic rings. The molecule has 8 heteroatoms. The number of nitrogens with zero attached hydrogens (tertiary/aromatic N) is 2. The molecule has 0 aliphatic heterocycles. The van der Waals surface area contributed by atoms with Gasteiger partial charge < -0.3 is 5.32 Å². The predicted octanol–water partition coefficient (Wildman–Crippen LogP) is 2.42. The zero-order valence-corrected chi connectivity index (χ0v) is 15.7. The van der Waals surface area contributed by atoms with E-state index in [1.54, 1.807) is 31.2 Å². The fourth-order valence-corrected chi connectivity index (χ4v) is 2.91. The van der Waals surface area contributed by atoms with Crippen LogP contribution < -0.4 is 16.4 Å². The first-order chi connectivity index (χ1) is 13.4. The summed E-state index contributed by atoms with van der Waals surface area (Å²) in [4.78, 5) is 36.9. The molecule has 0 unspecified atom stereocenters. The number of hydrogen-bond donors (Lipinski definition) is 1. The van der Waals surface area contributed by atoms with Gasteiger partial charge in [-0.25, -0.2) is 4.39 Å². The maximum absolute atomic E-state index is 13.5. The Balaban J connectivity index is 1.79. The molecule has 2 aromatic carbocycles. The maximum atomic E-state index is 13.5. The van der Waals surface area contributed by atoms with Gasteiger partial charge in [-0.2, -0.15) is 0 Å². The molecule has 0 radical (unpaired) electrons. The number of carbonyl (C=O) groups excluding carboxylic acids is 1. The first-order valence-electron chi connectivity index (χ1n) is 8.45. The van der Waals surface area contributed by atoms with Gasteiger partial charge in [0, 0.05) is 24.0 Å². The van der Waals surface area contributed by atoms with E-state index in [1.807, 2.05) is 0 Å². The molecule has 1 N–H and O–H groups in total. The maximum Gasteiger partial charge on any atom is 0.320 e. The molecule has 0 saturated heterocycles. The Hall–Kier alpha value is -3.19. The lowest BCUT2D eigenvalue weighted by Crippen LogP contribution is -2.42. The van der Waals surface area contributed by atoms with Crippen molar-refractivity contribution in [2.45, 2.75) is 20.0 Å². The Labute approximate surface area is 164 Å². The lowest BCUT2D eigenvalue weighted by Gasteiger charge is -2.11. The van der Waals surface area contributed by atoms with E-state index in [2.05, 4.69) is 5.32 Å². The van der Waals surface area contributed by atoms with Crippen LogP contribution in [0.5, 0.6) is 0 Å². The minimum Gasteiger partial charge on any atom is -0.350 e. The molecule has 0 atom stereocenters. The first kappa shape index (κ1) is 19.6. The first-order valence-corrected chi connectivity index (χ1v) is 8.83. The van der Waals surface area contributed by atoms with E-state index >= 15 is 0 Å². The summed E-state index contributed by atoms with van der Waals surface area (Å²) in [6.07, 6.45) is 2.66. The molecule has 1 amide bonds. The number of halogens is 2. The number of nitrogens with one attached hydrogen (secondary N) is 1. The fraction of sp³-hybridized carbons (Fsp3) is 0.150. The Morgan fingerprint density at radius 1 is 1.11 bits per heavy atom. The normalized spacial score (nSPS) is 10.7. The van der Waals surface area contributed by atoms with Crippen LogP contribution in [0.25, 0.3) is 5.69 Å². The van der Waals surface area contributed by atoms with E-state index in [0.29, 0.717) is 10.6 Å². The van der Waals surface area contributed by atoms with Crippen molar-refractivity contribution in [3.05, 3.63) is 97.5 Å². The molecule has 0 saturated carbocycles. The van der Waals surface area contributed by atoms with Crippen molar-refractivity contribution >= 4 is 17.5 Å². The van der Waals surface area contributed by atoms with Crippen LogP contribution in [0.3, 0.4) is 0 Å². The molecule has 1 heterocycles. The van der Waals surface area contributed by atoms with Crippen molar-refractivity contribution in [3.8, 4) is 5.69 Å². The molecular formula is C20H17ClFN3O3. The van der Waals surface area contributed by atoms with Gasteiger partial charge in [-0.05, 0) is 36.2 Å². The summed E-state index contributed by atoms with van der Waals surface area (Å²) in [6, 6.07) is 11.0. The number of carbonyl (C=O) groups is 1. The lowest BCUT2D eigenvalue weighted by molar-refractivity contribution is -0.121. The Kier molecular flexibility index (Phi) is 5.75. The van der Waals surface area contributed by atoms with Gasteiger partial charge in [0.05, 0.1) is 5.69 Å². The smallest absolute Gasteiger partial charge is 0.320 e.